The molecule has 0 aliphatic rings. The van der Waals surface area contributed by atoms with Gasteiger partial charge in [0.2, 0.25) is 0 Å². The van der Waals surface area contributed by atoms with Crippen molar-refractivity contribution in [2.45, 2.75) is 40.3 Å². The lowest BCUT2D eigenvalue weighted by atomic mass is 10.1. The van der Waals surface area contributed by atoms with Crippen molar-refractivity contribution >= 4 is 17.3 Å². The Morgan fingerprint density at radius 1 is 1.18 bits per heavy atom. The molecule has 2 N–H and O–H groups in total. The summed E-state index contributed by atoms with van der Waals surface area (Å²) >= 11 is 1.75. The van der Waals surface area contributed by atoms with Gasteiger partial charge in [-0.1, -0.05) is 36.8 Å². The molecule has 22 heavy (non-hydrogen) atoms. The number of aliphatic imine (C=N–C) groups is 1. The number of hydrogen-bond donors (Lipinski definition) is 2. The number of benzene rings is 1. The van der Waals surface area contributed by atoms with Gasteiger partial charge in [-0.3, -0.25) is 0 Å². The van der Waals surface area contributed by atoms with Crippen LogP contribution in [0.2, 0.25) is 0 Å². The molecule has 2 aromatic rings. The monoisotopic (exact) mass is 316 g/mol. The summed E-state index contributed by atoms with van der Waals surface area (Å²) in [5, 5.41) is 7.71. The van der Waals surface area contributed by atoms with Gasteiger partial charge in [0, 0.05) is 17.6 Å². The lowest BCUT2D eigenvalue weighted by Crippen LogP contribution is -2.36. The van der Waals surface area contributed by atoms with Crippen LogP contribution in [0.25, 0.3) is 0 Å². The topological polar surface area (TPSA) is 49.3 Å². The molecule has 0 atom stereocenters. The molecule has 5 heteroatoms. The second-order valence-electron chi connectivity index (χ2n) is 5.11. The van der Waals surface area contributed by atoms with Crippen LogP contribution < -0.4 is 10.6 Å². The highest BCUT2D eigenvalue weighted by atomic mass is 32.1. The Morgan fingerprint density at radius 3 is 2.59 bits per heavy atom. The van der Waals surface area contributed by atoms with Crippen LogP contribution in [0.3, 0.4) is 0 Å². The average Bonchev–Trinajstić information content (AvgIpc) is 3.00. The van der Waals surface area contributed by atoms with Gasteiger partial charge < -0.3 is 10.6 Å². The van der Waals surface area contributed by atoms with Gasteiger partial charge in [0.05, 0.1) is 13.1 Å². The maximum absolute atomic E-state index is 4.63. The standard InChI is InChI=1S/C17H24N4S/c1-4-15-11-19-16(22-15)12-21-17(18-5-2)20-10-14-8-6-13(3)7-9-14/h6-9,11H,4-5,10,12H2,1-3H3,(H2,18,20,21). The van der Waals surface area contributed by atoms with Crippen LogP contribution in [-0.2, 0) is 19.5 Å². The Kier molecular flexibility index (Phi) is 6.40. The van der Waals surface area contributed by atoms with Gasteiger partial charge in [0.15, 0.2) is 5.96 Å². The first-order valence-electron chi connectivity index (χ1n) is 7.72. The van der Waals surface area contributed by atoms with Gasteiger partial charge in [-0.25, -0.2) is 9.98 Å². The zero-order valence-corrected chi connectivity index (χ0v) is 14.3. The lowest BCUT2D eigenvalue weighted by Gasteiger charge is -2.10. The van der Waals surface area contributed by atoms with E-state index in [0.29, 0.717) is 13.1 Å². The summed E-state index contributed by atoms with van der Waals surface area (Å²) < 4.78 is 0. The van der Waals surface area contributed by atoms with E-state index in [1.165, 1.54) is 16.0 Å². The van der Waals surface area contributed by atoms with Gasteiger partial charge >= 0.3 is 0 Å². The summed E-state index contributed by atoms with van der Waals surface area (Å²) in [6.07, 6.45) is 3.00. The van der Waals surface area contributed by atoms with Crippen molar-refractivity contribution in [2.24, 2.45) is 4.99 Å². The molecule has 2 rings (SSSR count). The minimum atomic E-state index is 0.674. The van der Waals surface area contributed by atoms with Crippen LogP contribution >= 0.6 is 11.3 Å². The van der Waals surface area contributed by atoms with Crippen LogP contribution in [0.15, 0.2) is 35.5 Å². The predicted molar refractivity (Wildman–Crippen MR) is 94.3 cm³/mol. The van der Waals surface area contributed by atoms with Gasteiger partial charge in [0.25, 0.3) is 0 Å². The summed E-state index contributed by atoms with van der Waals surface area (Å²) in [5.41, 5.74) is 2.48. The van der Waals surface area contributed by atoms with Crippen molar-refractivity contribution in [2.75, 3.05) is 6.54 Å². The first-order chi connectivity index (χ1) is 10.7. The number of nitrogens with zero attached hydrogens (tertiary/aromatic N) is 2. The third-order valence-corrected chi connectivity index (χ3v) is 4.38. The molecular weight excluding hydrogens is 292 g/mol. The fourth-order valence-electron chi connectivity index (χ4n) is 1.96. The number of rotatable bonds is 6. The molecule has 1 aromatic carbocycles. The zero-order valence-electron chi connectivity index (χ0n) is 13.5. The van der Waals surface area contributed by atoms with Crippen LogP contribution in [0.1, 0.15) is 34.9 Å². The molecule has 0 unspecified atom stereocenters. The highest BCUT2D eigenvalue weighted by Gasteiger charge is 2.02. The molecule has 0 saturated heterocycles. The van der Waals surface area contributed by atoms with E-state index >= 15 is 0 Å². The molecule has 0 spiro atoms. The number of aromatic nitrogens is 1. The molecule has 0 saturated carbocycles. The second-order valence-corrected chi connectivity index (χ2v) is 6.31. The summed E-state index contributed by atoms with van der Waals surface area (Å²) in [4.78, 5) is 10.4. The Balaban J connectivity index is 1.93. The van der Waals surface area contributed by atoms with Crippen LogP contribution in [0, 0.1) is 6.92 Å². The minimum Gasteiger partial charge on any atom is -0.357 e. The van der Waals surface area contributed by atoms with E-state index in [2.05, 4.69) is 65.6 Å². The van der Waals surface area contributed by atoms with Crippen molar-refractivity contribution in [1.29, 1.82) is 0 Å². The number of hydrogen-bond acceptors (Lipinski definition) is 3. The zero-order chi connectivity index (χ0) is 15.8. The van der Waals surface area contributed by atoms with E-state index < -0.39 is 0 Å². The van der Waals surface area contributed by atoms with Crippen molar-refractivity contribution in [1.82, 2.24) is 15.6 Å². The second kappa shape index (κ2) is 8.54. The first kappa shape index (κ1) is 16.5. The van der Waals surface area contributed by atoms with Crippen LogP contribution in [0.4, 0.5) is 0 Å². The van der Waals surface area contributed by atoms with Gasteiger partial charge in [-0.15, -0.1) is 11.3 Å². The smallest absolute Gasteiger partial charge is 0.191 e. The average molecular weight is 316 g/mol. The summed E-state index contributed by atoms with van der Waals surface area (Å²) in [6.45, 7) is 8.55. The van der Waals surface area contributed by atoms with E-state index in [0.717, 1.165) is 23.9 Å². The van der Waals surface area contributed by atoms with Crippen LogP contribution in [-0.4, -0.2) is 17.5 Å². The van der Waals surface area contributed by atoms with Gasteiger partial charge in [0.1, 0.15) is 5.01 Å². The highest BCUT2D eigenvalue weighted by Crippen LogP contribution is 2.12. The van der Waals surface area contributed by atoms with E-state index in [1.54, 1.807) is 11.3 Å². The van der Waals surface area contributed by atoms with E-state index in [4.69, 9.17) is 0 Å². The molecule has 118 valence electrons. The third-order valence-electron chi connectivity index (χ3n) is 3.24. The summed E-state index contributed by atoms with van der Waals surface area (Å²) in [6, 6.07) is 8.48. The van der Waals surface area contributed by atoms with Crippen molar-refractivity contribution in [3.8, 4) is 0 Å². The number of thiazole rings is 1. The molecule has 0 radical (unpaired) electrons. The predicted octanol–water partition coefficient (Wildman–Crippen LogP) is 3.27. The number of aryl methyl sites for hydroxylation is 2. The fourth-order valence-corrected chi connectivity index (χ4v) is 2.76. The Bertz CT molecular complexity index is 601. The maximum Gasteiger partial charge on any atom is 0.191 e. The van der Waals surface area contributed by atoms with E-state index in [9.17, 15) is 0 Å². The van der Waals surface area contributed by atoms with Crippen molar-refractivity contribution in [3.63, 3.8) is 0 Å². The largest absolute Gasteiger partial charge is 0.357 e. The van der Waals surface area contributed by atoms with Crippen LogP contribution in [0.5, 0.6) is 0 Å². The third kappa shape index (κ3) is 5.15. The molecule has 0 aliphatic heterocycles. The Labute approximate surface area is 136 Å². The van der Waals surface area contributed by atoms with Gasteiger partial charge in [-0.05, 0) is 25.8 Å². The Hall–Kier alpha value is -1.88. The van der Waals surface area contributed by atoms with Crippen molar-refractivity contribution < 1.29 is 0 Å². The van der Waals surface area contributed by atoms with E-state index in [-0.39, 0.29) is 0 Å². The molecular formula is C17H24N4S. The number of nitrogens with one attached hydrogen (secondary N) is 2. The molecule has 0 amide bonds. The molecule has 1 heterocycles. The molecule has 0 fully saturated rings. The summed E-state index contributed by atoms with van der Waals surface area (Å²) in [7, 11) is 0. The molecule has 4 nitrogen and oxygen atoms in total. The first-order valence-corrected chi connectivity index (χ1v) is 8.54. The lowest BCUT2D eigenvalue weighted by molar-refractivity contribution is 0.811. The minimum absolute atomic E-state index is 0.674. The SMILES string of the molecule is CCNC(=NCc1ccc(C)cc1)NCc1ncc(CC)s1. The number of guanidine groups is 1. The van der Waals surface area contributed by atoms with E-state index in [1.807, 2.05) is 6.20 Å². The maximum atomic E-state index is 4.63. The molecule has 1 aromatic heterocycles. The Morgan fingerprint density at radius 2 is 1.95 bits per heavy atom. The molecule has 0 aliphatic carbocycles. The highest BCUT2D eigenvalue weighted by molar-refractivity contribution is 7.11. The fraction of sp³-hybridized carbons (Fsp3) is 0.412. The summed E-state index contributed by atoms with van der Waals surface area (Å²) in [5.74, 6) is 0.830. The van der Waals surface area contributed by atoms with Gasteiger partial charge in [-0.2, -0.15) is 0 Å². The normalized spacial score (nSPS) is 11.5. The van der Waals surface area contributed by atoms with Crippen molar-refractivity contribution in [3.05, 3.63) is 51.5 Å². The quantitative estimate of drug-likeness (QED) is 0.635. The molecule has 0 bridgehead atoms.